The molecule has 1 atom stereocenters. The molecular weight excluding hydrogens is 206 g/mol. The number of fused-ring (bicyclic) bond motifs is 3. The summed E-state index contributed by atoms with van der Waals surface area (Å²) in [6.07, 6.45) is 2.50. The molecule has 3 heterocycles. The van der Waals surface area contributed by atoms with Gasteiger partial charge >= 0.3 is 5.97 Å². The molecule has 0 bridgehead atoms. The standard InChI is InChI=1S/C11H15N3O2/c1-13-5-4-8-10(13)14-6-7(11(15)16)2-3-9(14)12-8/h7H,2-6H2,1H3,(H,15,16). The fourth-order valence-corrected chi connectivity index (χ4v) is 2.72. The summed E-state index contributed by atoms with van der Waals surface area (Å²) in [7, 11) is 2.05. The predicted molar refractivity (Wildman–Crippen MR) is 58.6 cm³/mol. The number of carbonyl (C=O) groups is 1. The van der Waals surface area contributed by atoms with Gasteiger partial charge < -0.3 is 14.6 Å². The van der Waals surface area contributed by atoms with Crippen molar-refractivity contribution in [3.63, 3.8) is 0 Å². The Bertz CT molecular complexity index is 452. The van der Waals surface area contributed by atoms with Crippen LogP contribution in [0.3, 0.4) is 0 Å². The number of carboxylic acid groups (broad SMARTS) is 1. The predicted octanol–water partition coefficient (Wildman–Crippen LogP) is 0.522. The van der Waals surface area contributed by atoms with Gasteiger partial charge in [0.25, 0.3) is 0 Å². The van der Waals surface area contributed by atoms with Gasteiger partial charge in [0.15, 0.2) is 0 Å². The Hall–Kier alpha value is -1.52. The number of aliphatic carboxylic acids is 1. The number of rotatable bonds is 1. The molecule has 0 radical (unpaired) electrons. The summed E-state index contributed by atoms with van der Waals surface area (Å²) < 4.78 is 2.10. The van der Waals surface area contributed by atoms with E-state index in [9.17, 15) is 4.79 Å². The first kappa shape index (κ1) is 9.69. The Labute approximate surface area is 93.7 Å². The van der Waals surface area contributed by atoms with Crippen LogP contribution in [-0.2, 0) is 24.2 Å². The first-order valence-corrected chi connectivity index (χ1v) is 5.69. The summed E-state index contributed by atoms with van der Waals surface area (Å²) in [6, 6.07) is 0. The van der Waals surface area contributed by atoms with E-state index in [2.05, 4.69) is 14.5 Å². The van der Waals surface area contributed by atoms with E-state index >= 15 is 0 Å². The summed E-state index contributed by atoms with van der Waals surface area (Å²) in [5, 5.41) is 9.07. The van der Waals surface area contributed by atoms with Crippen molar-refractivity contribution in [2.75, 3.05) is 18.5 Å². The second-order valence-electron chi connectivity index (χ2n) is 4.65. The van der Waals surface area contributed by atoms with Gasteiger partial charge in [-0.25, -0.2) is 4.98 Å². The molecule has 5 heteroatoms. The van der Waals surface area contributed by atoms with Crippen molar-refractivity contribution in [1.82, 2.24) is 9.55 Å². The molecule has 16 heavy (non-hydrogen) atoms. The molecule has 1 N–H and O–H groups in total. The summed E-state index contributed by atoms with van der Waals surface area (Å²) in [4.78, 5) is 17.8. The van der Waals surface area contributed by atoms with Crippen molar-refractivity contribution in [2.45, 2.75) is 25.8 Å². The van der Waals surface area contributed by atoms with E-state index in [0.29, 0.717) is 6.54 Å². The van der Waals surface area contributed by atoms with Crippen molar-refractivity contribution in [3.05, 3.63) is 11.5 Å². The lowest BCUT2D eigenvalue weighted by Crippen LogP contribution is -2.29. The monoisotopic (exact) mass is 221 g/mol. The van der Waals surface area contributed by atoms with Gasteiger partial charge in [-0.3, -0.25) is 4.79 Å². The number of hydrogen-bond acceptors (Lipinski definition) is 3. The maximum Gasteiger partial charge on any atom is 0.308 e. The van der Waals surface area contributed by atoms with Crippen LogP contribution in [-0.4, -0.2) is 34.2 Å². The van der Waals surface area contributed by atoms with Crippen LogP contribution in [0, 0.1) is 5.92 Å². The topological polar surface area (TPSA) is 58.4 Å². The van der Waals surface area contributed by atoms with Crippen LogP contribution in [0.15, 0.2) is 0 Å². The number of aryl methyl sites for hydroxylation is 1. The molecule has 1 unspecified atom stereocenters. The molecule has 0 amide bonds. The van der Waals surface area contributed by atoms with Gasteiger partial charge in [-0.1, -0.05) is 0 Å². The Morgan fingerprint density at radius 3 is 3.06 bits per heavy atom. The van der Waals surface area contributed by atoms with Gasteiger partial charge in [0, 0.05) is 33.0 Å². The van der Waals surface area contributed by atoms with Crippen LogP contribution in [0.2, 0.25) is 0 Å². The van der Waals surface area contributed by atoms with E-state index in [1.807, 2.05) is 7.05 Å². The minimum atomic E-state index is -0.686. The molecule has 5 nitrogen and oxygen atoms in total. The molecule has 0 aromatic carbocycles. The number of hydrogen-bond donors (Lipinski definition) is 1. The molecular formula is C11H15N3O2. The van der Waals surface area contributed by atoms with Crippen LogP contribution in [0.5, 0.6) is 0 Å². The number of imidazole rings is 1. The quantitative estimate of drug-likeness (QED) is 0.751. The van der Waals surface area contributed by atoms with Gasteiger partial charge in [0.1, 0.15) is 11.6 Å². The second kappa shape index (κ2) is 3.23. The lowest BCUT2D eigenvalue weighted by molar-refractivity contribution is -0.142. The molecule has 3 rings (SSSR count). The third-order valence-electron chi connectivity index (χ3n) is 3.60. The van der Waals surface area contributed by atoms with E-state index in [1.165, 1.54) is 0 Å². The number of aromatic nitrogens is 2. The maximum absolute atomic E-state index is 11.0. The van der Waals surface area contributed by atoms with Gasteiger partial charge in [0.05, 0.1) is 11.6 Å². The zero-order valence-corrected chi connectivity index (χ0v) is 9.31. The largest absolute Gasteiger partial charge is 0.481 e. The van der Waals surface area contributed by atoms with Crippen molar-refractivity contribution < 1.29 is 9.90 Å². The smallest absolute Gasteiger partial charge is 0.308 e. The summed E-state index contributed by atoms with van der Waals surface area (Å²) in [5.74, 6) is 1.27. The Kier molecular flexibility index (Phi) is 1.96. The van der Waals surface area contributed by atoms with Crippen LogP contribution in [0.1, 0.15) is 17.9 Å². The maximum atomic E-state index is 11.0. The van der Waals surface area contributed by atoms with E-state index in [-0.39, 0.29) is 5.92 Å². The number of nitrogens with zero attached hydrogens (tertiary/aromatic N) is 3. The van der Waals surface area contributed by atoms with Crippen molar-refractivity contribution in [3.8, 4) is 0 Å². The molecule has 86 valence electrons. The normalized spacial score (nSPS) is 23.1. The highest BCUT2D eigenvalue weighted by atomic mass is 16.4. The third kappa shape index (κ3) is 1.24. The lowest BCUT2D eigenvalue weighted by Gasteiger charge is -2.24. The lowest BCUT2D eigenvalue weighted by atomic mass is 10.00. The summed E-state index contributed by atoms with van der Waals surface area (Å²) in [6.45, 7) is 1.58. The molecule has 2 aliphatic heterocycles. The minimum absolute atomic E-state index is 0.250. The average molecular weight is 221 g/mol. The van der Waals surface area contributed by atoms with Crippen LogP contribution >= 0.6 is 0 Å². The Balaban J connectivity index is 2.00. The molecule has 1 aromatic heterocycles. The highest BCUT2D eigenvalue weighted by molar-refractivity contribution is 5.70. The second-order valence-corrected chi connectivity index (χ2v) is 4.65. The first-order chi connectivity index (χ1) is 7.66. The van der Waals surface area contributed by atoms with Crippen LogP contribution in [0.25, 0.3) is 0 Å². The molecule has 0 aliphatic carbocycles. The van der Waals surface area contributed by atoms with Crippen molar-refractivity contribution in [2.24, 2.45) is 5.92 Å². The number of anilines is 1. The van der Waals surface area contributed by atoms with Crippen molar-refractivity contribution >= 4 is 11.8 Å². The highest BCUT2D eigenvalue weighted by Gasteiger charge is 2.31. The Morgan fingerprint density at radius 1 is 1.50 bits per heavy atom. The minimum Gasteiger partial charge on any atom is -0.481 e. The molecule has 0 fully saturated rings. The van der Waals surface area contributed by atoms with Crippen LogP contribution < -0.4 is 4.90 Å². The molecule has 0 saturated carbocycles. The number of likely N-dealkylation sites (N-methyl/N-ethyl adjacent to an activating group) is 1. The van der Waals surface area contributed by atoms with Gasteiger partial charge in [-0.15, -0.1) is 0 Å². The SMILES string of the molecule is CN1CCc2nc3n(c21)CC(C(=O)O)CC3. The number of carboxylic acids is 1. The molecule has 0 saturated heterocycles. The fourth-order valence-electron chi connectivity index (χ4n) is 2.72. The van der Waals surface area contributed by atoms with Gasteiger partial charge in [-0.05, 0) is 6.42 Å². The fraction of sp³-hybridized carbons (Fsp3) is 0.636. The molecule has 0 spiro atoms. The summed E-state index contributed by atoms with van der Waals surface area (Å²) >= 11 is 0. The van der Waals surface area contributed by atoms with E-state index in [1.54, 1.807) is 0 Å². The van der Waals surface area contributed by atoms with Crippen molar-refractivity contribution in [1.29, 1.82) is 0 Å². The van der Waals surface area contributed by atoms with Crippen LogP contribution in [0.4, 0.5) is 5.82 Å². The van der Waals surface area contributed by atoms with E-state index in [0.717, 1.165) is 43.1 Å². The molecule has 2 aliphatic rings. The average Bonchev–Trinajstić information content (AvgIpc) is 2.78. The third-order valence-corrected chi connectivity index (χ3v) is 3.60. The zero-order chi connectivity index (χ0) is 11.3. The Morgan fingerprint density at radius 2 is 2.31 bits per heavy atom. The van der Waals surface area contributed by atoms with E-state index < -0.39 is 5.97 Å². The summed E-state index contributed by atoms with van der Waals surface area (Å²) in [5.41, 5.74) is 1.14. The van der Waals surface area contributed by atoms with E-state index in [4.69, 9.17) is 5.11 Å². The first-order valence-electron chi connectivity index (χ1n) is 5.69. The van der Waals surface area contributed by atoms with Gasteiger partial charge in [0.2, 0.25) is 0 Å². The highest BCUT2D eigenvalue weighted by Crippen LogP contribution is 2.32. The molecule has 1 aromatic rings. The van der Waals surface area contributed by atoms with Gasteiger partial charge in [-0.2, -0.15) is 0 Å². The zero-order valence-electron chi connectivity index (χ0n) is 9.31.